The third-order valence-corrected chi connectivity index (χ3v) is 4.65. The highest BCUT2D eigenvalue weighted by Gasteiger charge is 2.09. The van der Waals surface area contributed by atoms with Crippen LogP contribution in [0.25, 0.3) is 0 Å². The first-order chi connectivity index (χ1) is 5.20. The van der Waals surface area contributed by atoms with E-state index in [-0.39, 0.29) is 0 Å². The summed E-state index contributed by atoms with van der Waals surface area (Å²) in [7, 11) is -4.42. The highest BCUT2D eigenvalue weighted by Crippen LogP contribution is 1.89. The number of hydrogen-bond acceptors (Lipinski definition) is 3. The fourth-order valence-electron chi connectivity index (χ4n) is 0.563. The molecule has 0 aliphatic carbocycles. The molecule has 3 nitrogen and oxygen atoms in total. The zero-order chi connectivity index (χ0) is 8.69. The highest BCUT2D eigenvalue weighted by atomic mass is 28.4. The van der Waals surface area contributed by atoms with E-state index in [0.29, 0.717) is 0 Å². The van der Waals surface area contributed by atoms with Crippen LogP contribution in [0.15, 0.2) is 23.6 Å². The molecule has 0 bridgehead atoms. The van der Waals surface area contributed by atoms with Gasteiger partial charge in [-0.15, -0.1) is 0 Å². The molecule has 0 aromatic heterocycles. The van der Waals surface area contributed by atoms with Crippen molar-refractivity contribution in [3.63, 3.8) is 0 Å². The van der Waals surface area contributed by atoms with Crippen molar-refractivity contribution in [2.75, 3.05) is 0 Å². The largest absolute Gasteiger partial charge is 0.413 e. The van der Waals surface area contributed by atoms with E-state index in [4.69, 9.17) is 13.7 Å². The van der Waals surface area contributed by atoms with Crippen LogP contribution in [0.1, 0.15) is 13.8 Å². The number of allylic oxidation sites excluding steroid dienone is 2. The Morgan fingerprint density at radius 1 is 1.00 bits per heavy atom. The molecular weight excluding hydrogens is 176 g/mol. The first-order valence-electron chi connectivity index (χ1n) is 3.48. The lowest BCUT2D eigenvalue weighted by atomic mass is 10.8. The van der Waals surface area contributed by atoms with Crippen LogP contribution in [0, 0.1) is 0 Å². The summed E-state index contributed by atoms with van der Waals surface area (Å²) in [5.41, 5.74) is 3.22. The topological polar surface area (TPSA) is 49.7 Å². The summed E-state index contributed by atoms with van der Waals surface area (Å²) >= 11 is 0. The summed E-state index contributed by atoms with van der Waals surface area (Å²) in [4.78, 5) is 18.2. The Morgan fingerprint density at radius 2 is 1.36 bits per heavy atom. The minimum absolute atomic E-state index is 1.61. The van der Waals surface area contributed by atoms with Crippen LogP contribution < -0.4 is 0 Å². The molecule has 0 fully saturated rings. The average molecular weight is 190 g/mol. The maximum atomic E-state index is 9.12. The van der Waals surface area contributed by atoms with Crippen molar-refractivity contribution >= 4 is 18.6 Å². The second-order valence-corrected chi connectivity index (χ2v) is 5.39. The summed E-state index contributed by atoms with van der Waals surface area (Å²) in [6, 6.07) is 0. The summed E-state index contributed by atoms with van der Waals surface area (Å²) < 4.78 is 4.95. The Kier molecular flexibility index (Phi) is 6.38. The molecule has 0 aromatic carbocycles. The van der Waals surface area contributed by atoms with Gasteiger partial charge in [-0.3, -0.25) is 0 Å². The van der Waals surface area contributed by atoms with Crippen molar-refractivity contribution < 1.29 is 13.7 Å². The molecule has 0 radical (unpaired) electrons. The second kappa shape index (κ2) is 6.50. The Labute approximate surface area is 70.3 Å². The van der Waals surface area contributed by atoms with E-state index >= 15 is 0 Å². The van der Waals surface area contributed by atoms with Crippen LogP contribution in [0.5, 0.6) is 0 Å². The molecule has 0 aliphatic rings. The van der Waals surface area contributed by atoms with E-state index in [1.165, 1.54) is 0 Å². The average Bonchev–Trinajstić information content (AvgIpc) is 1.87. The zero-order valence-electron chi connectivity index (χ0n) is 6.77. The molecule has 0 spiro atoms. The first kappa shape index (κ1) is 10.8. The third-order valence-electron chi connectivity index (χ3n) is 0.993. The lowest BCUT2D eigenvalue weighted by Crippen LogP contribution is -2.26. The van der Waals surface area contributed by atoms with Gasteiger partial charge in [0.15, 0.2) is 0 Å². The lowest BCUT2D eigenvalue weighted by molar-refractivity contribution is 0.376. The van der Waals surface area contributed by atoms with E-state index in [1.807, 2.05) is 13.8 Å². The van der Waals surface area contributed by atoms with Gasteiger partial charge in [-0.2, -0.15) is 0 Å². The van der Waals surface area contributed by atoms with Crippen LogP contribution in [-0.2, 0) is 4.12 Å². The second-order valence-electron chi connectivity index (χ2n) is 1.97. The van der Waals surface area contributed by atoms with Crippen LogP contribution >= 0.6 is 0 Å². The molecule has 0 aromatic rings. The molecule has 64 valence electrons. The fourth-order valence-corrected chi connectivity index (χ4v) is 3.09. The van der Waals surface area contributed by atoms with Crippen molar-refractivity contribution in [1.29, 1.82) is 0 Å². The quantitative estimate of drug-likeness (QED) is 0.596. The van der Waals surface area contributed by atoms with Crippen LogP contribution in [0.2, 0.25) is 0 Å². The Hall–Kier alpha value is -0.206. The van der Waals surface area contributed by atoms with E-state index in [9.17, 15) is 0 Å². The smallest absolute Gasteiger partial charge is 0.336 e. The SMILES string of the molecule is CC=C[SiH](O)O[SiH](O)C=CC. The maximum absolute atomic E-state index is 9.12. The molecule has 0 saturated carbocycles. The Balaban J connectivity index is 3.65. The number of hydrogen-bond donors (Lipinski definition) is 2. The van der Waals surface area contributed by atoms with Crippen molar-refractivity contribution in [3.8, 4) is 0 Å². The molecule has 2 unspecified atom stereocenters. The summed E-state index contributed by atoms with van der Waals surface area (Å²) in [5, 5.41) is 0. The van der Waals surface area contributed by atoms with E-state index in [2.05, 4.69) is 0 Å². The van der Waals surface area contributed by atoms with Crippen molar-refractivity contribution in [3.05, 3.63) is 23.6 Å². The van der Waals surface area contributed by atoms with Crippen molar-refractivity contribution in [2.45, 2.75) is 13.8 Å². The van der Waals surface area contributed by atoms with Crippen LogP contribution in [0.3, 0.4) is 0 Å². The van der Waals surface area contributed by atoms with Gasteiger partial charge >= 0.3 is 18.6 Å². The van der Waals surface area contributed by atoms with Gasteiger partial charge in [0.2, 0.25) is 0 Å². The maximum Gasteiger partial charge on any atom is 0.336 e. The fraction of sp³-hybridized carbons (Fsp3) is 0.333. The van der Waals surface area contributed by atoms with Gasteiger partial charge < -0.3 is 13.7 Å². The monoisotopic (exact) mass is 190 g/mol. The molecule has 0 rings (SSSR count). The van der Waals surface area contributed by atoms with Crippen LogP contribution in [-0.4, -0.2) is 28.2 Å². The predicted molar refractivity (Wildman–Crippen MR) is 49.4 cm³/mol. The molecule has 2 N–H and O–H groups in total. The van der Waals surface area contributed by atoms with E-state index in [0.717, 1.165) is 0 Å². The summed E-state index contributed by atoms with van der Waals surface area (Å²) in [6.07, 6.45) is 3.46. The Morgan fingerprint density at radius 3 is 1.64 bits per heavy atom. The molecule has 11 heavy (non-hydrogen) atoms. The van der Waals surface area contributed by atoms with Gasteiger partial charge in [0.1, 0.15) is 0 Å². The zero-order valence-corrected chi connectivity index (χ0v) is 9.08. The molecular formula is C6H14O3Si2. The van der Waals surface area contributed by atoms with E-state index in [1.54, 1.807) is 23.6 Å². The number of rotatable bonds is 4. The highest BCUT2D eigenvalue weighted by molar-refractivity contribution is 6.63. The van der Waals surface area contributed by atoms with Crippen LogP contribution in [0.4, 0.5) is 0 Å². The van der Waals surface area contributed by atoms with Crippen molar-refractivity contribution in [2.24, 2.45) is 0 Å². The molecule has 0 amide bonds. The van der Waals surface area contributed by atoms with Gasteiger partial charge in [-0.25, -0.2) is 0 Å². The summed E-state index contributed by atoms with van der Waals surface area (Å²) in [6.45, 7) is 3.62. The minimum Gasteiger partial charge on any atom is -0.413 e. The van der Waals surface area contributed by atoms with Gasteiger partial charge in [0, 0.05) is 0 Å². The normalized spacial score (nSPS) is 17.8. The Bertz CT molecular complexity index is 131. The van der Waals surface area contributed by atoms with Gasteiger partial charge in [0.25, 0.3) is 0 Å². The van der Waals surface area contributed by atoms with Gasteiger partial charge in [0.05, 0.1) is 0 Å². The van der Waals surface area contributed by atoms with Gasteiger partial charge in [-0.05, 0) is 13.8 Å². The lowest BCUT2D eigenvalue weighted by Gasteiger charge is -2.07. The molecule has 5 heteroatoms. The first-order valence-corrected chi connectivity index (χ1v) is 6.78. The predicted octanol–water partition coefficient (Wildman–Crippen LogP) is -0.341. The molecule has 0 heterocycles. The minimum atomic E-state index is -2.21. The van der Waals surface area contributed by atoms with Crippen molar-refractivity contribution in [1.82, 2.24) is 0 Å². The van der Waals surface area contributed by atoms with Gasteiger partial charge in [-0.1, -0.05) is 23.6 Å². The standard InChI is InChI=1S/C6H14O3Si2/c1-3-5-10(7)9-11(8)6-4-2/h3-8,10-11H,1-2H3. The molecule has 0 aliphatic heterocycles. The molecule has 0 saturated heterocycles. The third kappa shape index (κ3) is 6.20. The van der Waals surface area contributed by atoms with E-state index < -0.39 is 18.6 Å². The summed E-state index contributed by atoms with van der Waals surface area (Å²) in [5.74, 6) is 0. The molecule has 2 atom stereocenters.